The van der Waals surface area contributed by atoms with Crippen molar-refractivity contribution < 1.29 is 4.52 Å². The Hall–Kier alpha value is -1.09. The summed E-state index contributed by atoms with van der Waals surface area (Å²) in [4.78, 5) is 2.48. The smallest absolute Gasteiger partial charge is 0.133 e. The topological polar surface area (TPSA) is 29.3 Å². The lowest BCUT2D eigenvalue weighted by Crippen LogP contribution is -2.23. The van der Waals surface area contributed by atoms with E-state index in [0.717, 1.165) is 18.0 Å². The molecule has 1 aromatic heterocycles. The molecular formula is C13H20N2O. The quantitative estimate of drug-likeness (QED) is 0.733. The normalized spacial score (nSPS) is 21.3. The molecule has 2 rings (SSSR count). The van der Waals surface area contributed by atoms with E-state index in [-0.39, 0.29) is 0 Å². The Morgan fingerprint density at radius 1 is 1.62 bits per heavy atom. The second-order valence-electron chi connectivity index (χ2n) is 4.80. The van der Waals surface area contributed by atoms with Gasteiger partial charge in [-0.05, 0) is 40.2 Å². The van der Waals surface area contributed by atoms with Crippen molar-refractivity contribution in [3.63, 3.8) is 0 Å². The van der Waals surface area contributed by atoms with Gasteiger partial charge in [-0.15, -0.1) is 0 Å². The van der Waals surface area contributed by atoms with Crippen LogP contribution in [0.4, 0.5) is 0 Å². The van der Waals surface area contributed by atoms with Gasteiger partial charge in [-0.25, -0.2) is 0 Å². The van der Waals surface area contributed by atoms with Crippen molar-refractivity contribution in [2.45, 2.75) is 39.7 Å². The zero-order valence-electron chi connectivity index (χ0n) is 10.4. The highest BCUT2D eigenvalue weighted by Crippen LogP contribution is 2.31. The molecule has 1 aromatic rings. The molecule has 0 spiro atoms. The molecule has 88 valence electrons. The lowest BCUT2D eigenvalue weighted by molar-refractivity contribution is 0.269. The van der Waals surface area contributed by atoms with Crippen LogP contribution in [0.25, 0.3) is 0 Å². The van der Waals surface area contributed by atoms with Crippen LogP contribution in [-0.4, -0.2) is 23.1 Å². The molecular weight excluding hydrogens is 200 g/mol. The number of likely N-dealkylation sites (tertiary alicyclic amines) is 1. The number of aromatic nitrogens is 1. The van der Waals surface area contributed by atoms with Crippen molar-refractivity contribution in [3.05, 3.63) is 29.2 Å². The number of hydrogen-bond acceptors (Lipinski definition) is 3. The van der Waals surface area contributed by atoms with E-state index < -0.39 is 0 Å². The second-order valence-corrected chi connectivity index (χ2v) is 4.80. The molecule has 0 unspecified atom stereocenters. The van der Waals surface area contributed by atoms with E-state index in [1.807, 2.05) is 6.92 Å². The number of nitrogens with zero attached hydrogens (tertiary/aromatic N) is 2. The van der Waals surface area contributed by atoms with Crippen LogP contribution < -0.4 is 0 Å². The molecule has 1 aliphatic rings. The first kappa shape index (κ1) is 11.4. The number of allylic oxidation sites excluding steroid dienone is 1. The first-order valence-electron chi connectivity index (χ1n) is 5.97. The summed E-state index contributed by atoms with van der Waals surface area (Å²) in [5.74, 6) is 0.907. The van der Waals surface area contributed by atoms with E-state index in [1.165, 1.54) is 25.0 Å². The van der Waals surface area contributed by atoms with Gasteiger partial charge in [0, 0.05) is 12.6 Å². The molecule has 1 fully saturated rings. The van der Waals surface area contributed by atoms with Crippen LogP contribution in [0, 0.1) is 6.92 Å². The average molecular weight is 220 g/mol. The van der Waals surface area contributed by atoms with E-state index in [2.05, 4.69) is 36.0 Å². The zero-order valence-corrected chi connectivity index (χ0v) is 10.4. The van der Waals surface area contributed by atoms with Crippen molar-refractivity contribution in [1.82, 2.24) is 10.1 Å². The van der Waals surface area contributed by atoms with Gasteiger partial charge in [0.2, 0.25) is 0 Å². The Bertz CT molecular complexity index is 377. The Morgan fingerprint density at radius 2 is 2.44 bits per heavy atom. The highest BCUT2D eigenvalue weighted by Gasteiger charge is 2.27. The molecule has 0 saturated carbocycles. The van der Waals surface area contributed by atoms with Crippen molar-refractivity contribution >= 4 is 0 Å². The molecule has 0 radical (unpaired) electrons. The number of aryl methyl sites for hydroxylation is 1. The van der Waals surface area contributed by atoms with Gasteiger partial charge in [0.1, 0.15) is 11.5 Å². The van der Waals surface area contributed by atoms with E-state index in [1.54, 1.807) is 0 Å². The molecule has 0 N–H and O–H groups in total. The minimum Gasteiger partial charge on any atom is -0.361 e. The van der Waals surface area contributed by atoms with Crippen LogP contribution in [0.5, 0.6) is 0 Å². The Balaban J connectivity index is 2.06. The summed E-state index contributed by atoms with van der Waals surface area (Å²) >= 11 is 0. The van der Waals surface area contributed by atoms with Crippen LogP contribution in [0.15, 0.2) is 22.2 Å². The first-order chi connectivity index (χ1) is 7.66. The molecule has 3 nitrogen and oxygen atoms in total. The standard InChI is InChI=1S/C13H20N2O/c1-10(2)6-8-15-7-4-5-13(15)12-9-11(3)16-14-12/h6,9,13H,4-5,7-8H2,1-3H3/t13-/m1/s1. The largest absolute Gasteiger partial charge is 0.361 e. The van der Waals surface area contributed by atoms with Gasteiger partial charge < -0.3 is 4.52 Å². The maximum Gasteiger partial charge on any atom is 0.133 e. The van der Waals surface area contributed by atoms with E-state index >= 15 is 0 Å². The summed E-state index contributed by atoms with van der Waals surface area (Å²) in [5.41, 5.74) is 2.47. The predicted octanol–water partition coefficient (Wildman–Crippen LogP) is 3.09. The first-order valence-corrected chi connectivity index (χ1v) is 5.97. The fraction of sp³-hybridized carbons (Fsp3) is 0.615. The van der Waals surface area contributed by atoms with Gasteiger partial charge in [-0.2, -0.15) is 0 Å². The van der Waals surface area contributed by atoms with Crippen LogP contribution >= 0.6 is 0 Å². The van der Waals surface area contributed by atoms with Crippen LogP contribution in [0.3, 0.4) is 0 Å². The minimum atomic E-state index is 0.452. The van der Waals surface area contributed by atoms with Gasteiger partial charge in [0.05, 0.1) is 6.04 Å². The third-order valence-corrected chi connectivity index (χ3v) is 3.09. The maximum absolute atomic E-state index is 5.16. The van der Waals surface area contributed by atoms with E-state index in [9.17, 15) is 0 Å². The molecule has 0 aliphatic carbocycles. The zero-order chi connectivity index (χ0) is 11.5. The summed E-state index contributed by atoms with van der Waals surface area (Å²) in [6.45, 7) is 8.43. The molecule has 1 saturated heterocycles. The predicted molar refractivity (Wildman–Crippen MR) is 64.2 cm³/mol. The number of hydrogen-bond donors (Lipinski definition) is 0. The summed E-state index contributed by atoms with van der Waals surface area (Å²) < 4.78 is 5.16. The maximum atomic E-state index is 5.16. The molecule has 0 amide bonds. The van der Waals surface area contributed by atoms with E-state index in [0.29, 0.717) is 6.04 Å². The van der Waals surface area contributed by atoms with Gasteiger partial charge in [-0.1, -0.05) is 16.8 Å². The highest BCUT2D eigenvalue weighted by atomic mass is 16.5. The third-order valence-electron chi connectivity index (χ3n) is 3.09. The Labute approximate surface area is 97.1 Å². The summed E-state index contributed by atoms with van der Waals surface area (Å²) in [6, 6.07) is 2.51. The van der Waals surface area contributed by atoms with Crippen LogP contribution in [0.2, 0.25) is 0 Å². The molecule has 0 bridgehead atoms. The van der Waals surface area contributed by atoms with Gasteiger partial charge >= 0.3 is 0 Å². The molecule has 16 heavy (non-hydrogen) atoms. The van der Waals surface area contributed by atoms with Gasteiger partial charge in [0.25, 0.3) is 0 Å². The highest BCUT2D eigenvalue weighted by molar-refractivity contribution is 5.11. The van der Waals surface area contributed by atoms with Gasteiger partial charge in [0.15, 0.2) is 0 Å². The van der Waals surface area contributed by atoms with E-state index in [4.69, 9.17) is 4.52 Å². The van der Waals surface area contributed by atoms with Crippen molar-refractivity contribution in [2.75, 3.05) is 13.1 Å². The summed E-state index contributed by atoms with van der Waals surface area (Å²) in [7, 11) is 0. The van der Waals surface area contributed by atoms with Crippen molar-refractivity contribution in [3.8, 4) is 0 Å². The second kappa shape index (κ2) is 4.83. The summed E-state index contributed by atoms with van der Waals surface area (Å²) in [5, 5.41) is 4.14. The van der Waals surface area contributed by atoms with Crippen molar-refractivity contribution in [2.24, 2.45) is 0 Å². The molecule has 1 aliphatic heterocycles. The fourth-order valence-electron chi connectivity index (χ4n) is 2.22. The van der Waals surface area contributed by atoms with Gasteiger partial charge in [-0.3, -0.25) is 4.90 Å². The molecule has 2 heterocycles. The molecule has 3 heteroatoms. The van der Waals surface area contributed by atoms with Crippen molar-refractivity contribution in [1.29, 1.82) is 0 Å². The monoisotopic (exact) mass is 220 g/mol. The third kappa shape index (κ3) is 2.53. The SMILES string of the molecule is CC(C)=CCN1CCC[C@@H]1c1cc(C)on1. The Morgan fingerprint density at radius 3 is 3.06 bits per heavy atom. The fourth-order valence-corrected chi connectivity index (χ4v) is 2.22. The molecule has 1 atom stereocenters. The minimum absolute atomic E-state index is 0.452. The lowest BCUT2D eigenvalue weighted by atomic mass is 10.1. The van der Waals surface area contributed by atoms with Crippen LogP contribution in [-0.2, 0) is 0 Å². The Kier molecular flexibility index (Phi) is 3.44. The average Bonchev–Trinajstić information content (AvgIpc) is 2.82. The number of rotatable bonds is 3. The summed E-state index contributed by atoms with van der Waals surface area (Å²) in [6.07, 6.45) is 4.74. The van der Waals surface area contributed by atoms with Crippen LogP contribution in [0.1, 0.15) is 44.2 Å². The lowest BCUT2D eigenvalue weighted by Gasteiger charge is -2.20. The molecule has 0 aromatic carbocycles.